The van der Waals surface area contributed by atoms with E-state index in [1.807, 2.05) is 0 Å². The molecule has 106 valence electrons. The number of aryl methyl sites for hydroxylation is 2. The fourth-order valence-electron chi connectivity index (χ4n) is 5.49. The molecule has 0 radical (unpaired) electrons. The summed E-state index contributed by atoms with van der Waals surface area (Å²) >= 11 is 0. The Labute approximate surface area is 123 Å². The van der Waals surface area contributed by atoms with Gasteiger partial charge >= 0.3 is 0 Å². The van der Waals surface area contributed by atoms with Crippen molar-refractivity contribution in [2.45, 2.75) is 58.8 Å². The molecule has 0 N–H and O–H groups in total. The molecular formula is C20H26. The molecule has 1 aromatic carbocycles. The fourth-order valence-corrected chi connectivity index (χ4v) is 5.49. The molecule has 1 aromatic rings. The zero-order valence-electron chi connectivity index (χ0n) is 13.1. The maximum atomic E-state index is 2.54. The summed E-state index contributed by atoms with van der Waals surface area (Å²) in [4.78, 5) is 0. The van der Waals surface area contributed by atoms with Gasteiger partial charge in [-0.15, -0.1) is 0 Å². The number of hydrogen-bond donors (Lipinski definition) is 0. The van der Waals surface area contributed by atoms with Crippen LogP contribution in [0.1, 0.15) is 62.1 Å². The van der Waals surface area contributed by atoms with Gasteiger partial charge in [-0.25, -0.2) is 0 Å². The van der Waals surface area contributed by atoms with E-state index in [2.05, 4.69) is 45.0 Å². The first-order chi connectivity index (χ1) is 9.59. The number of fused-ring (bicyclic) bond motifs is 5. The van der Waals surface area contributed by atoms with Crippen LogP contribution in [0.15, 0.2) is 29.8 Å². The van der Waals surface area contributed by atoms with Crippen molar-refractivity contribution in [3.05, 3.63) is 46.5 Å². The van der Waals surface area contributed by atoms with Gasteiger partial charge in [0.2, 0.25) is 0 Å². The van der Waals surface area contributed by atoms with Crippen molar-refractivity contribution in [3.8, 4) is 0 Å². The summed E-state index contributed by atoms with van der Waals surface area (Å²) in [6.07, 6.45) is 9.40. The standard InChI is InChI=1S/C20H26/c1-13-4-7-16-15(12-13)6-8-18-17(16)10-11-20(3)14(2)5-9-19(18)20/h4-5,7,12,17-19H,6,8-11H2,1-3H3/t17?,18?,19?,20-/m1/s1. The average molecular weight is 266 g/mol. The quantitative estimate of drug-likeness (QED) is 0.551. The SMILES string of the molecule is CC1=CCC2C3CCc4cc(C)ccc4C3CC[C@]12C. The second-order valence-corrected chi connectivity index (χ2v) is 7.70. The second-order valence-electron chi connectivity index (χ2n) is 7.70. The summed E-state index contributed by atoms with van der Waals surface area (Å²) in [7, 11) is 0. The first-order valence-corrected chi connectivity index (χ1v) is 8.36. The zero-order valence-corrected chi connectivity index (χ0v) is 13.1. The third kappa shape index (κ3) is 1.60. The van der Waals surface area contributed by atoms with Gasteiger partial charge in [-0.2, -0.15) is 0 Å². The van der Waals surface area contributed by atoms with Crippen LogP contribution in [0.25, 0.3) is 0 Å². The molecule has 0 heteroatoms. The smallest absolute Gasteiger partial charge is 0.00849 e. The monoisotopic (exact) mass is 266 g/mol. The molecule has 0 aromatic heterocycles. The highest BCUT2D eigenvalue weighted by atomic mass is 14.5. The Morgan fingerprint density at radius 3 is 2.85 bits per heavy atom. The Bertz CT molecular complexity index is 580. The minimum Gasteiger partial charge on any atom is -0.0847 e. The van der Waals surface area contributed by atoms with Crippen LogP contribution in [-0.2, 0) is 6.42 Å². The Hall–Kier alpha value is -1.04. The van der Waals surface area contributed by atoms with E-state index in [1.165, 1.54) is 37.7 Å². The van der Waals surface area contributed by atoms with E-state index in [1.54, 1.807) is 16.7 Å². The Balaban J connectivity index is 1.72. The summed E-state index contributed by atoms with van der Waals surface area (Å²) in [5.41, 5.74) is 6.97. The molecule has 1 fully saturated rings. The molecule has 4 rings (SSSR count). The third-order valence-electron chi connectivity index (χ3n) is 6.85. The number of allylic oxidation sites excluding steroid dienone is 2. The Morgan fingerprint density at radius 1 is 1.15 bits per heavy atom. The summed E-state index contributed by atoms with van der Waals surface area (Å²) in [6, 6.07) is 7.21. The highest BCUT2D eigenvalue weighted by Crippen LogP contribution is 2.60. The molecule has 3 unspecified atom stereocenters. The minimum atomic E-state index is 0.517. The molecule has 1 saturated carbocycles. The van der Waals surface area contributed by atoms with Crippen LogP contribution >= 0.6 is 0 Å². The molecule has 0 aliphatic heterocycles. The lowest BCUT2D eigenvalue weighted by Gasteiger charge is -2.50. The van der Waals surface area contributed by atoms with Crippen molar-refractivity contribution in [1.29, 1.82) is 0 Å². The average Bonchev–Trinajstić information content (AvgIpc) is 2.74. The van der Waals surface area contributed by atoms with Crippen LogP contribution in [0.3, 0.4) is 0 Å². The molecular weight excluding hydrogens is 240 g/mol. The van der Waals surface area contributed by atoms with Gasteiger partial charge in [-0.1, -0.05) is 42.3 Å². The van der Waals surface area contributed by atoms with Crippen molar-refractivity contribution >= 4 is 0 Å². The maximum absolute atomic E-state index is 2.54. The van der Waals surface area contributed by atoms with Gasteiger partial charge in [0, 0.05) is 0 Å². The summed E-state index contributed by atoms with van der Waals surface area (Å²) < 4.78 is 0. The van der Waals surface area contributed by atoms with Crippen molar-refractivity contribution in [3.63, 3.8) is 0 Å². The van der Waals surface area contributed by atoms with Gasteiger partial charge < -0.3 is 0 Å². The molecule has 3 aliphatic rings. The molecule has 0 nitrogen and oxygen atoms in total. The number of benzene rings is 1. The molecule has 4 atom stereocenters. The number of rotatable bonds is 0. The Morgan fingerprint density at radius 2 is 2.00 bits per heavy atom. The molecule has 20 heavy (non-hydrogen) atoms. The van der Waals surface area contributed by atoms with Crippen molar-refractivity contribution in [2.24, 2.45) is 17.3 Å². The van der Waals surface area contributed by atoms with Crippen molar-refractivity contribution in [1.82, 2.24) is 0 Å². The topological polar surface area (TPSA) is 0 Å². The lowest BCUT2D eigenvalue weighted by molar-refractivity contribution is 0.0754. The van der Waals surface area contributed by atoms with E-state index < -0.39 is 0 Å². The van der Waals surface area contributed by atoms with E-state index in [9.17, 15) is 0 Å². The van der Waals surface area contributed by atoms with Crippen LogP contribution < -0.4 is 0 Å². The lowest BCUT2D eigenvalue weighted by atomic mass is 9.54. The zero-order chi connectivity index (χ0) is 13.9. The lowest BCUT2D eigenvalue weighted by Crippen LogP contribution is -2.40. The van der Waals surface area contributed by atoms with Crippen LogP contribution in [0, 0.1) is 24.2 Å². The largest absolute Gasteiger partial charge is 0.0847 e. The van der Waals surface area contributed by atoms with E-state index in [0.717, 1.165) is 17.8 Å². The summed E-state index contributed by atoms with van der Waals surface area (Å²) in [6.45, 7) is 7.15. The van der Waals surface area contributed by atoms with Crippen LogP contribution in [0.5, 0.6) is 0 Å². The fraction of sp³-hybridized carbons (Fsp3) is 0.600. The second kappa shape index (κ2) is 4.23. The van der Waals surface area contributed by atoms with Gasteiger partial charge in [-0.3, -0.25) is 0 Å². The van der Waals surface area contributed by atoms with Crippen molar-refractivity contribution in [2.75, 3.05) is 0 Å². The van der Waals surface area contributed by atoms with Gasteiger partial charge in [0.15, 0.2) is 0 Å². The van der Waals surface area contributed by atoms with Gasteiger partial charge in [0.25, 0.3) is 0 Å². The molecule has 0 heterocycles. The summed E-state index contributed by atoms with van der Waals surface area (Å²) in [5, 5.41) is 0. The molecule has 0 bridgehead atoms. The molecule has 3 aliphatic carbocycles. The van der Waals surface area contributed by atoms with Gasteiger partial charge in [0.05, 0.1) is 0 Å². The normalized spacial score (nSPS) is 38.8. The summed E-state index contributed by atoms with van der Waals surface area (Å²) in [5.74, 6) is 2.69. The number of hydrogen-bond acceptors (Lipinski definition) is 0. The van der Waals surface area contributed by atoms with E-state index >= 15 is 0 Å². The Kier molecular flexibility index (Phi) is 2.68. The maximum Gasteiger partial charge on any atom is -0.00849 e. The van der Waals surface area contributed by atoms with Crippen LogP contribution in [-0.4, -0.2) is 0 Å². The van der Waals surface area contributed by atoms with E-state index in [4.69, 9.17) is 0 Å². The van der Waals surface area contributed by atoms with Crippen LogP contribution in [0.4, 0.5) is 0 Å². The predicted molar refractivity (Wildman–Crippen MR) is 84.9 cm³/mol. The van der Waals surface area contributed by atoms with Crippen molar-refractivity contribution < 1.29 is 0 Å². The van der Waals surface area contributed by atoms with E-state index in [-0.39, 0.29) is 0 Å². The molecule has 0 spiro atoms. The third-order valence-corrected chi connectivity index (χ3v) is 6.85. The first-order valence-electron chi connectivity index (χ1n) is 8.36. The van der Waals surface area contributed by atoms with Gasteiger partial charge in [0.1, 0.15) is 0 Å². The predicted octanol–water partition coefficient (Wildman–Crippen LogP) is 5.41. The van der Waals surface area contributed by atoms with Gasteiger partial charge in [-0.05, 0) is 80.2 Å². The van der Waals surface area contributed by atoms with Crippen LogP contribution in [0.2, 0.25) is 0 Å². The highest BCUT2D eigenvalue weighted by Gasteiger charge is 2.50. The molecule has 0 saturated heterocycles. The molecule has 0 amide bonds. The first kappa shape index (κ1) is 12.7. The minimum absolute atomic E-state index is 0.517. The van der Waals surface area contributed by atoms with E-state index in [0.29, 0.717) is 5.41 Å². The highest BCUT2D eigenvalue weighted by molar-refractivity contribution is 5.38.